The summed E-state index contributed by atoms with van der Waals surface area (Å²) in [6.45, 7) is 44.2. The van der Waals surface area contributed by atoms with E-state index in [1.807, 2.05) is 0 Å². The average Bonchev–Trinajstić information content (AvgIpc) is 3.41. The second-order valence-corrected chi connectivity index (χ2v) is 37.3. The van der Waals surface area contributed by atoms with Crippen molar-refractivity contribution in [3.8, 4) is 0 Å². The molecule has 0 saturated heterocycles. The van der Waals surface area contributed by atoms with Crippen LogP contribution in [0.5, 0.6) is 0 Å². The third-order valence-electron chi connectivity index (χ3n) is 19.1. The van der Waals surface area contributed by atoms with Crippen LogP contribution in [0.25, 0.3) is 0 Å². The molecule has 0 bridgehead atoms. The highest BCUT2D eigenvalue weighted by atomic mass is 28.4. The molecule has 0 amide bonds. The van der Waals surface area contributed by atoms with Crippen molar-refractivity contribution in [1.29, 1.82) is 0 Å². The Hall–Kier alpha value is -2.85. The second-order valence-electron chi connectivity index (χ2n) is 27.7. The lowest BCUT2D eigenvalue weighted by Crippen LogP contribution is -2.49. The standard InChI is InChI=1S/C41H72O2Si2.C29H44O2/c1-15-33(3)27-37(35-23-19-17-20-24-35)29-41(31-42-44(11,12)39(5,6)7,32-43-45(13,14)40(8,9)10)30-38(28-34(4)16-2)36-25-21-18-22-26-36;1-5-23(3)17-27(25-13-9-7-10-14-25)19-29(21-30,22-31)20-28(18-24(4)6-2)26-15-11-8-12-16-26/h17-26,33-34,37-38H,15-16,27-32H2,1-14H3;7-16,23-24,27-28,30-31H,5-6,17-22H2,1-4H3. The van der Waals surface area contributed by atoms with Gasteiger partial charge < -0.3 is 19.1 Å². The van der Waals surface area contributed by atoms with Crippen molar-refractivity contribution in [3.63, 3.8) is 0 Å². The Kier molecular flexibility index (Phi) is 28.2. The number of aliphatic hydroxyl groups excluding tert-OH is 2. The van der Waals surface area contributed by atoms with Crippen LogP contribution in [0.4, 0.5) is 0 Å². The molecule has 428 valence electrons. The summed E-state index contributed by atoms with van der Waals surface area (Å²) in [5.74, 6) is 4.18. The van der Waals surface area contributed by atoms with Crippen molar-refractivity contribution in [1.82, 2.24) is 0 Å². The molecule has 0 fully saturated rings. The molecule has 8 unspecified atom stereocenters. The van der Waals surface area contributed by atoms with Gasteiger partial charge in [-0.05, 0) is 157 Å². The number of benzene rings is 4. The maximum Gasteiger partial charge on any atom is 0.192 e. The first-order valence-corrected chi connectivity index (χ1v) is 36.2. The highest BCUT2D eigenvalue weighted by molar-refractivity contribution is 6.74. The van der Waals surface area contributed by atoms with E-state index < -0.39 is 22.0 Å². The summed E-state index contributed by atoms with van der Waals surface area (Å²) in [6.07, 6.45) is 13.1. The third kappa shape index (κ3) is 21.7. The van der Waals surface area contributed by atoms with Crippen LogP contribution in [0, 0.1) is 34.5 Å². The van der Waals surface area contributed by atoms with Crippen molar-refractivity contribution in [2.75, 3.05) is 26.4 Å². The summed E-state index contributed by atoms with van der Waals surface area (Å²) in [5.41, 5.74) is 5.01. The SMILES string of the molecule is CCC(C)CC(CC(CO)(CO)CC(CC(C)CC)c1ccccc1)c1ccccc1.CCC(C)CC(CC(CO[Si](C)(C)C(C)(C)C)(CO[Si](C)(C)C(C)(C)C)CC(CC(C)CC)c1ccccc1)c1ccccc1. The summed E-state index contributed by atoms with van der Waals surface area (Å²) >= 11 is 0. The van der Waals surface area contributed by atoms with Gasteiger partial charge in [0.15, 0.2) is 16.6 Å². The third-order valence-corrected chi connectivity index (χ3v) is 28.1. The van der Waals surface area contributed by atoms with Gasteiger partial charge in [-0.1, -0.05) is 244 Å². The van der Waals surface area contributed by atoms with Crippen molar-refractivity contribution in [2.45, 2.75) is 234 Å². The van der Waals surface area contributed by atoms with Crippen LogP contribution in [-0.4, -0.2) is 53.3 Å². The zero-order chi connectivity index (χ0) is 56.8. The fraction of sp³-hybridized carbons (Fsp3) is 0.657. The van der Waals surface area contributed by atoms with E-state index >= 15 is 0 Å². The summed E-state index contributed by atoms with van der Waals surface area (Å²) in [7, 11) is -4.02. The molecule has 4 aromatic carbocycles. The monoisotopic (exact) mass is 1080 g/mol. The first kappa shape index (κ1) is 67.4. The Morgan fingerprint density at radius 2 is 0.579 bits per heavy atom. The van der Waals surface area contributed by atoms with Crippen molar-refractivity contribution in [3.05, 3.63) is 144 Å². The molecule has 6 heteroatoms. The summed E-state index contributed by atoms with van der Waals surface area (Å²) in [6, 6.07) is 44.1. The van der Waals surface area contributed by atoms with Crippen molar-refractivity contribution >= 4 is 16.6 Å². The minimum atomic E-state index is -2.01. The van der Waals surface area contributed by atoms with Crippen LogP contribution in [-0.2, 0) is 8.85 Å². The molecule has 4 nitrogen and oxygen atoms in total. The Morgan fingerprint density at radius 3 is 0.763 bits per heavy atom. The lowest BCUT2D eigenvalue weighted by Gasteiger charge is -2.47. The van der Waals surface area contributed by atoms with Gasteiger partial charge in [0.05, 0.1) is 13.2 Å². The van der Waals surface area contributed by atoms with E-state index in [1.165, 1.54) is 47.9 Å². The Balaban J connectivity index is 0.000000428. The zero-order valence-electron chi connectivity index (χ0n) is 52.2. The molecule has 4 rings (SSSR count). The van der Waals surface area contributed by atoms with Crippen LogP contribution >= 0.6 is 0 Å². The van der Waals surface area contributed by atoms with Gasteiger partial charge in [-0.2, -0.15) is 0 Å². The Bertz CT molecular complexity index is 1960. The molecule has 0 aliphatic carbocycles. The zero-order valence-corrected chi connectivity index (χ0v) is 54.2. The molecule has 0 aliphatic rings. The van der Waals surface area contributed by atoms with Crippen LogP contribution in [0.3, 0.4) is 0 Å². The van der Waals surface area contributed by atoms with Gasteiger partial charge in [0.25, 0.3) is 0 Å². The van der Waals surface area contributed by atoms with E-state index in [1.54, 1.807) is 0 Å². The van der Waals surface area contributed by atoms with Crippen LogP contribution < -0.4 is 0 Å². The van der Waals surface area contributed by atoms with E-state index in [2.05, 4.69) is 244 Å². The summed E-state index contributed by atoms with van der Waals surface area (Å²) < 4.78 is 14.6. The lowest BCUT2D eigenvalue weighted by atomic mass is 9.68. The highest BCUT2D eigenvalue weighted by Crippen LogP contribution is 2.49. The van der Waals surface area contributed by atoms with Gasteiger partial charge in [0.2, 0.25) is 0 Å². The van der Waals surface area contributed by atoms with Gasteiger partial charge >= 0.3 is 0 Å². The molecule has 0 radical (unpaired) electrons. The molecule has 0 aromatic heterocycles. The van der Waals surface area contributed by atoms with Crippen molar-refractivity contribution in [2.24, 2.45) is 34.5 Å². The number of hydrogen-bond donors (Lipinski definition) is 2. The predicted octanol–water partition coefficient (Wildman–Crippen LogP) is 20.4. The second kappa shape index (κ2) is 31.8. The fourth-order valence-electron chi connectivity index (χ4n) is 10.8. The smallest absolute Gasteiger partial charge is 0.192 e. The molecule has 2 N–H and O–H groups in total. The molecule has 0 saturated carbocycles. The van der Waals surface area contributed by atoms with E-state index in [-0.39, 0.29) is 28.7 Å². The van der Waals surface area contributed by atoms with Gasteiger partial charge in [0.1, 0.15) is 0 Å². The van der Waals surface area contributed by atoms with Gasteiger partial charge in [-0.15, -0.1) is 0 Å². The average molecular weight is 1080 g/mol. The maximum atomic E-state index is 10.6. The molecule has 0 spiro atoms. The molecule has 4 aromatic rings. The van der Waals surface area contributed by atoms with Crippen LogP contribution in [0.1, 0.15) is 220 Å². The topological polar surface area (TPSA) is 58.9 Å². The Labute approximate surface area is 471 Å². The highest BCUT2D eigenvalue weighted by Gasteiger charge is 2.46. The molecule has 0 aliphatic heterocycles. The van der Waals surface area contributed by atoms with Crippen molar-refractivity contribution < 1.29 is 19.1 Å². The normalized spacial score (nSPS) is 16.2. The first-order valence-electron chi connectivity index (χ1n) is 30.4. The number of rotatable bonds is 32. The largest absolute Gasteiger partial charge is 0.416 e. The molecular formula is C70H116O4Si2. The summed E-state index contributed by atoms with van der Waals surface area (Å²) in [4.78, 5) is 0. The lowest BCUT2D eigenvalue weighted by molar-refractivity contribution is 0.0239. The maximum absolute atomic E-state index is 10.6. The predicted molar refractivity (Wildman–Crippen MR) is 337 cm³/mol. The van der Waals surface area contributed by atoms with Gasteiger partial charge in [-0.3, -0.25) is 0 Å². The van der Waals surface area contributed by atoms with E-state index in [9.17, 15) is 10.2 Å². The first-order chi connectivity index (χ1) is 35.7. The van der Waals surface area contributed by atoms with Gasteiger partial charge in [0, 0.05) is 24.0 Å². The molecule has 76 heavy (non-hydrogen) atoms. The number of hydrogen-bond acceptors (Lipinski definition) is 4. The Morgan fingerprint density at radius 1 is 0.368 bits per heavy atom. The van der Waals surface area contributed by atoms with E-state index in [4.69, 9.17) is 8.85 Å². The van der Waals surface area contributed by atoms with Crippen LogP contribution in [0.2, 0.25) is 36.3 Å². The number of aliphatic hydroxyl groups is 2. The van der Waals surface area contributed by atoms with E-state index in [0.29, 0.717) is 47.3 Å². The minimum Gasteiger partial charge on any atom is -0.416 e. The van der Waals surface area contributed by atoms with Gasteiger partial charge in [-0.25, -0.2) is 0 Å². The summed E-state index contributed by atoms with van der Waals surface area (Å²) in [5, 5.41) is 21.5. The molecule has 8 atom stereocenters. The minimum absolute atomic E-state index is 0.0250. The molecule has 0 heterocycles. The quantitative estimate of drug-likeness (QED) is 0.0479. The fourth-order valence-corrected chi connectivity index (χ4v) is 13.0. The van der Waals surface area contributed by atoms with Crippen LogP contribution in [0.15, 0.2) is 121 Å². The van der Waals surface area contributed by atoms with E-state index in [0.717, 1.165) is 64.6 Å². The molecular weight excluding hydrogens is 961 g/mol.